The van der Waals surface area contributed by atoms with Crippen LogP contribution in [0.15, 0.2) is 35.1 Å². The third kappa shape index (κ3) is 3.16. The van der Waals surface area contributed by atoms with Crippen LogP contribution in [0.3, 0.4) is 0 Å². The number of hydrogen-bond donors (Lipinski definition) is 1. The van der Waals surface area contributed by atoms with E-state index in [1.54, 1.807) is 0 Å². The van der Waals surface area contributed by atoms with E-state index in [-0.39, 0.29) is 5.91 Å². The van der Waals surface area contributed by atoms with Crippen LogP contribution >= 0.6 is 0 Å². The Balaban J connectivity index is 1.31. The Kier molecular flexibility index (Phi) is 4.00. The lowest BCUT2D eigenvalue weighted by Crippen LogP contribution is -2.31. The first kappa shape index (κ1) is 15.2. The zero-order chi connectivity index (χ0) is 16.5. The molecule has 0 unspecified atom stereocenters. The molecule has 126 valence electrons. The topological polar surface area (TPSA) is 58.4 Å². The van der Waals surface area contributed by atoms with E-state index in [0.717, 1.165) is 38.1 Å². The predicted octanol–water partition coefficient (Wildman–Crippen LogP) is 3.12. The molecular formula is C19H23N3O2. The summed E-state index contributed by atoms with van der Waals surface area (Å²) >= 11 is 0. The van der Waals surface area contributed by atoms with Crippen molar-refractivity contribution in [1.29, 1.82) is 0 Å². The number of anilines is 1. The summed E-state index contributed by atoms with van der Waals surface area (Å²) in [6.45, 7) is 4.82. The SMILES string of the molecule is Cc1ccc(N2CC[C@@H](CNC(=O)c3ncoc3C3CC3)C2)cc1. The van der Waals surface area contributed by atoms with Gasteiger partial charge in [0.05, 0.1) is 0 Å². The van der Waals surface area contributed by atoms with Crippen molar-refractivity contribution in [2.24, 2.45) is 5.92 Å². The number of carbonyl (C=O) groups excluding carboxylic acids is 1. The normalized spacial score (nSPS) is 20.4. The van der Waals surface area contributed by atoms with Gasteiger partial charge >= 0.3 is 0 Å². The Morgan fingerprint density at radius 3 is 2.83 bits per heavy atom. The Morgan fingerprint density at radius 2 is 2.08 bits per heavy atom. The summed E-state index contributed by atoms with van der Waals surface area (Å²) < 4.78 is 5.39. The summed E-state index contributed by atoms with van der Waals surface area (Å²) in [6, 6.07) is 8.64. The fourth-order valence-electron chi connectivity index (χ4n) is 3.37. The number of hydrogen-bond acceptors (Lipinski definition) is 4. The highest BCUT2D eigenvalue weighted by molar-refractivity contribution is 5.93. The zero-order valence-corrected chi connectivity index (χ0v) is 14.0. The Hall–Kier alpha value is -2.30. The summed E-state index contributed by atoms with van der Waals surface area (Å²) in [7, 11) is 0. The van der Waals surface area contributed by atoms with Crippen LogP contribution in [0.25, 0.3) is 0 Å². The molecular weight excluding hydrogens is 302 g/mol. The van der Waals surface area contributed by atoms with Gasteiger partial charge < -0.3 is 14.6 Å². The van der Waals surface area contributed by atoms with Gasteiger partial charge in [0.2, 0.25) is 0 Å². The summed E-state index contributed by atoms with van der Waals surface area (Å²) in [4.78, 5) is 18.9. The number of carbonyl (C=O) groups is 1. The highest BCUT2D eigenvalue weighted by Gasteiger charge is 2.32. The molecule has 0 spiro atoms. The maximum atomic E-state index is 12.4. The maximum Gasteiger partial charge on any atom is 0.273 e. The van der Waals surface area contributed by atoms with Crippen molar-refractivity contribution in [3.8, 4) is 0 Å². The first-order chi connectivity index (χ1) is 11.7. The fraction of sp³-hybridized carbons (Fsp3) is 0.474. The van der Waals surface area contributed by atoms with E-state index in [2.05, 4.69) is 46.4 Å². The average Bonchev–Trinajstić information content (AvgIpc) is 3.12. The molecule has 1 aromatic carbocycles. The van der Waals surface area contributed by atoms with Crippen molar-refractivity contribution >= 4 is 11.6 Å². The monoisotopic (exact) mass is 325 g/mol. The second-order valence-corrected chi connectivity index (χ2v) is 6.99. The van der Waals surface area contributed by atoms with E-state index in [4.69, 9.17) is 4.42 Å². The lowest BCUT2D eigenvalue weighted by Gasteiger charge is -2.19. The molecule has 1 amide bonds. The van der Waals surface area contributed by atoms with E-state index >= 15 is 0 Å². The van der Waals surface area contributed by atoms with Gasteiger partial charge in [0.25, 0.3) is 5.91 Å². The van der Waals surface area contributed by atoms with Crippen LogP contribution in [0, 0.1) is 12.8 Å². The molecule has 1 saturated carbocycles. The van der Waals surface area contributed by atoms with Gasteiger partial charge in [-0.2, -0.15) is 0 Å². The van der Waals surface area contributed by atoms with Gasteiger partial charge in [0, 0.05) is 31.2 Å². The van der Waals surface area contributed by atoms with Crippen molar-refractivity contribution in [3.05, 3.63) is 47.7 Å². The molecule has 1 aromatic heterocycles. The quantitative estimate of drug-likeness (QED) is 0.917. The number of rotatable bonds is 5. The number of aromatic nitrogens is 1. The third-order valence-corrected chi connectivity index (χ3v) is 4.99. The van der Waals surface area contributed by atoms with E-state index in [9.17, 15) is 4.79 Å². The molecule has 0 radical (unpaired) electrons. The molecule has 2 aromatic rings. The van der Waals surface area contributed by atoms with Crippen LogP contribution in [-0.4, -0.2) is 30.5 Å². The molecule has 1 aliphatic carbocycles. The molecule has 2 heterocycles. The van der Waals surface area contributed by atoms with E-state index < -0.39 is 0 Å². The Labute approximate surface area is 142 Å². The van der Waals surface area contributed by atoms with E-state index in [1.807, 2.05) is 0 Å². The van der Waals surface area contributed by atoms with Crippen molar-refractivity contribution < 1.29 is 9.21 Å². The van der Waals surface area contributed by atoms with Crippen molar-refractivity contribution in [2.45, 2.75) is 32.1 Å². The van der Waals surface area contributed by atoms with Crippen LogP contribution in [0.5, 0.6) is 0 Å². The second-order valence-electron chi connectivity index (χ2n) is 6.99. The number of aryl methyl sites for hydroxylation is 1. The number of oxazole rings is 1. The first-order valence-corrected chi connectivity index (χ1v) is 8.74. The molecule has 5 nitrogen and oxygen atoms in total. The average molecular weight is 325 g/mol. The predicted molar refractivity (Wildman–Crippen MR) is 92.3 cm³/mol. The Bertz CT molecular complexity index is 718. The van der Waals surface area contributed by atoms with Crippen LogP contribution in [-0.2, 0) is 0 Å². The summed E-state index contributed by atoms with van der Waals surface area (Å²) in [5.74, 6) is 1.54. The second kappa shape index (κ2) is 6.30. The largest absolute Gasteiger partial charge is 0.447 e. The number of amides is 1. The fourth-order valence-corrected chi connectivity index (χ4v) is 3.37. The van der Waals surface area contributed by atoms with Crippen LogP contribution in [0.4, 0.5) is 5.69 Å². The van der Waals surface area contributed by atoms with Crippen molar-refractivity contribution in [3.63, 3.8) is 0 Å². The molecule has 1 saturated heterocycles. The maximum absolute atomic E-state index is 12.4. The molecule has 1 atom stereocenters. The standard InChI is InChI=1S/C19H23N3O2/c1-13-2-6-16(7-3-13)22-9-8-14(11-22)10-20-19(23)17-18(15-4-5-15)24-12-21-17/h2-3,6-7,12,14-15H,4-5,8-11H2,1H3,(H,20,23)/t14-/m0/s1. The lowest BCUT2D eigenvalue weighted by atomic mass is 10.1. The molecule has 1 N–H and O–H groups in total. The van der Waals surface area contributed by atoms with E-state index in [1.165, 1.54) is 17.6 Å². The summed E-state index contributed by atoms with van der Waals surface area (Å²) in [6.07, 6.45) is 4.69. The van der Waals surface area contributed by atoms with Crippen LogP contribution in [0.1, 0.15) is 47.0 Å². The number of nitrogens with zero attached hydrogens (tertiary/aromatic N) is 2. The van der Waals surface area contributed by atoms with Gasteiger partial charge in [0.1, 0.15) is 5.76 Å². The van der Waals surface area contributed by atoms with Gasteiger partial charge in [-0.15, -0.1) is 0 Å². The van der Waals surface area contributed by atoms with E-state index in [0.29, 0.717) is 24.1 Å². The third-order valence-electron chi connectivity index (χ3n) is 4.99. The van der Waals surface area contributed by atoms with Gasteiger partial charge in [-0.1, -0.05) is 17.7 Å². The highest BCUT2D eigenvalue weighted by Crippen LogP contribution is 2.41. The number of nitrogens with one attached hydrogen (secondary N) is 1. The molecule has 4 rings (SSSR count). The molecule has 24 heavy (non-hydrogen) atoms. The lowest BCUT2D eigenvalue weighted by molar-refractivity contribution is 0.0942. The minimum absolute atomic E-state index is 0.0977. The minimum atomic E-state index is -0.0977. The first-order valence-electron chi connectivity index (χ1n) is 8.74. The smallest absolute Gasteiger partial charge is 0.273 e. The van der Waals surface area contributed by atoms with Gasteiger partial charge in [0.15, 0.2) is 12.1 Å². The zero-order valence-electron chi connectivity index (χ0n) is 14.0. The molecule has 2 aliphatic rings. The van der Waals surface area contributed by atoms with Gasteiger partial charge in [-0.05, 0) is 44.2 Å². The van der Waals surface area contributed by atoms with Gasteiger partial charge in [-0.3, -0.25) is 4.79 Å². The molecule has 2 fully saturated rings. The molecule has 0 bridgehead atoms. The van der Waals surface area contributed by atoms with Crippen molar-refractivity contribution in [1.82, 2.24) is 10.3 Å². The summed E-state index contributed by atoms with van der Waals surface area (Å²) in [5, 5.41) is 3.04. The number of benzene rings is 1. The Morgan fingerprint density at radius 1 is 1.29 bits per heavy atom. The summed E-state index contributed by atoms with van der Waals surface area (Å²) in [5.41, 5.74) is 3.02. The molecule has 1 aliphatic heterocycles. The van der Waals surface area contributed by atoms with Crippen molar-refractivity contribution in [2.75, 3.05) is 24.5 Å². The minimum Gasteiger partial charge on any atom is -0.447 e. The van der Waals surface area contributed by atoms with Crippen LogP contribution < -0.4 is 10.2 Å². The van der Waals surface area contributed by atoms with Crippen LogP contribution in [0.2, 0.25) is 0 Å². The highest BCUT2D eigenvalue weighted by atomic mass is 16.3. The molecule has 5 heteroatoms. The van der Waals surface area contributed by atoms with Gasteiger partial charge in [-0.25, -0.2) is 4.98 Å².